The van der Waals surface area contributed by atoms with Crippen LogP contribution in [0.15, 0.2) is 108 Å². The van der Waals surface area contributed by atoms with Crippen LogP contribution in [-0.2, 0) is 32.6 Å². The maximum atomic E-state index is 14.5. The quantitative estimate of drug-likeness (QED) is 0.166. The highest BCUT2D eigenvalue weighted by Crippen LogP contribution is 2.27. The number of rotatable bonds is 15. The van der Waals surface area contributed by atoms with Crippen LogP contribution in [0.3, 0.4) is 0 Å². The molecule has 47 heavy (non-hydrogen) atoms. The van der Waals surface area contributed by atoms with Gasteiger partial charge >= 0.3 is 0 Å². The molecule has 1 N–H and O–H groups in total. The third-order valence-corrected chi connectivity index (χ3v) is 9.33. The number of sulfonamides is 1. The van der Waals surface area contributed by atoms with Crippen molar-refractivity contribution >= 4 is 27.5 Å². The third-order valence-electron chi connectivity index (χ3n) is 7.55. The van der Waals surface area contributed by atoms with Crippen molar-refractivity contribution in [2.45, 2.75) is 51.6 Å². The molecule has 0 aliphatic heterocycles. The summed E-state index contributed by atoms with van der Waals surface area (Å²) in [6, 6.07) is 26.9. The smallest absolute Gasteiger partial charge is 0.264 e. The van der Waals surface area contributed by atoms with E-state index in [4.69, 9.17) is 4.74 Å². The second-order valence-electron chi connectivity index (χ2n) is 11.7. The number of hydrogen-bond acceptors (Lipinski definition) is 5. The van der Waals surface area contributed by atoms with Crippen LogP contribution in [0.2, 0.25) is 0 Å². The van der Waals surface area contributed by atoms with Gasteiger partial charge in [0.05, 0.1) is 17.2 Å². The topological polar surface area (TPSA) is 96.0 Å². The van der Waals surface area contributed by atoms with Crippen LogP contribution in [-0.4, -0.2) is 50.9 Å². The zero-order chi connectivity index (χ0) is 34.0. The molecule has 0 saturated carbocycles. The van der Waals surface area contributed by atoms with Gasteiger partial charge in [-0.05, 0) is 79.4 Å². The summed E-state index contributed by atoms with van der Waals surface area (Å²) < 4.78 is 48.8. The van der Waals surface area contributed by atoms with Gasteiger partial charge in [-0.15, -0.1) is 0 Å². The minimum absolute atomic E-state index is 0.0189. The Morgan fingerprint density at radius 1 is 0.851 bits per heavy atom. The number of nitrogens with zero attached hydrogens (tertiary/aromatic N) is 2. The van der Waals surface area contributed by atoms with Crippen LogP contribution < -0.4 is 14.4 Å². The fourth-order valence-corrected chi connectivity index (χ4v) is 6.42. The lowest BCUT2D eigenvalue weighted by Gasteiger charge is -2.34. The second kappa shape index (κ2) is 16.2. The average molecular weight is 660 g/mol. The molecule has 1 unspecified atom stereocenters. The fraction of sp³-hybridized carbons (Fsp3) is 0.297. The summed E-state index contributed by atoms with van der Waals surface area (Å²) in [6.45, 7) is 7.83. The van der Waals surface area contributed by atoms with Crippen molar-refractivity contribution in [2.75, 3.05) is 24.0 Å². The Bertz CT molecular complexity index is 1710. The van der Waals surface area contributed by atoms with Crippen LogP contribution in [0, 0.1) is 18.7 Å². The molecule has 0 spiro atoms. The van der Waals surface area contributed by atoms with E-state index in [2.05, 4.69) is 5.32 Å². The summed E-state index contributed by atoms with van der Waals surface area (Å²) >= 11 is 0. The molecule has 4 aromatic rings. The van der Waals surface area contributed by atoms with Crippen molar-refractivity contribution in [1.29, 1.82) is 0 Å². The Morgan fingerprint density at radius 3 is 2.09 bits per heavy atom. The zero-order valence-corrected chi connectivity index (χ0v) is 28.0. The molecule has 0 aliphatic carbocycles. The molecule has 4 rings (SSSR count). The molecule has 0 heterocycles. The molecule has 0 bridgehead atoms. The maximum absolute atomic E-state index is 14.5. The highest BCUT2D eigenvalue weighted by molar-refractivity contribution is 7.92. The van der Waals surface area contributed by atoms with E-state index in [0.717, 1.165) is 15.4 Å². The first-order valence-electron chi connectivity index (χ1n) is 15.7. The Kier molecular flexibility index (Phi) is 12.1. The molecular weight excluding hydrogens is 617 g/mol. The molecule has 248 valence electrons. The first-order chi connectivity index (χ1) is 22.5. The minimum Gasteiger partial charge on any atom is -0.494 e. The van der Waals surface area contributed by atoms with E-state index in [9.17, 15) is 22.4 Å². The van der Waals surface area contributed by atoms with E-state index in [0.29, 0.717) is 24.5 Å². The van der Waals surface area contributed by atoms with Gasteiger partial charge in [0, 0.05) is 19.5 Å². The van der Waals surface area contributed by atoms with Crippen molar-refractivity contribution in [2.24, 2.45) is 5.92 Å². The Labute approximate surface area is 277 Å². The molecule has 0 saturated heterocycles. The first-order valence-corrected chi connectivity index (χ1v) is 17.1. The number of amides is 2. The van der Waals surface area contributed by atoms with Crippen molar-refractivity contribution in [3.63, 3.8) is 0 Å². The van der Waals surface area contributed by atoms with Gasteiger partial charge in [-0.2, -0.15) is 0 Å². The van der Waals surface area contributed by atoms with Crippen LogP contribution in [0.5, 0.6) is 5.75 Å². The molecule has 8 nitrogen and oxygen atoms in total. The van der Waals surface area contributed by atoms with Crippen molar-refractivity contribution in [3.8, 4) is 5.75 Å². The third kappa shape index (κ3) is 9.65. The molecule has 10 heteroatoms. The Balaban J connectivity index is 1.79. The van der Waals surface area contributed by atoms with E-state index in [1.807, 2.05) is 58.0 Å². The maximum Gasteiger partial charge on any atom is 0.264 e. The van der Waals surface area contributed by atoms with Gasteiger partial charge < -0.3 is 15.0 Å². The highest BCUT2D eigenvalue weighted by Gasteiger charge is 2.34. The molecule has 2 amide bonds. The first kappa shape index (κ1) is 35.2. The number of halogens is 1. The molecule has 0 radical (unpaired) electrons. The van der Waals surface area contributed by atoms with Crippen LogP contribution >= 0.6 is 0 Å². The molecule has 1 atom stereocenters. The summed E-state index contributed by atoms with van der Waals surface area (Å²) in [7, 11) is -4.23. The molecule has 0 aliphatic rings. The van der Waals surface area contributed by atoms with E-state index >= 15 is 0 Å². The molecule has 0 aromatic heterocycles. The normalized spacial score (nSPS) is 12.0. The molecular formula is C37H42FN3O5S. The number of carbonyl (C=O) groups is 2. The number of nitrogens with one attached hydrogen (secondary N) is 1. The number of hydrogen-bond donors (Lipinski definition) is 1. The molecule has 0 fully saturated rings. The van der Waals surface area contributed by atoms with Crippen LogP contribution in [0.1, 0.15) is 37.5 Å². The van der Waals surface area contributed by atoms with E-state index in [-0.39, 0.29) is 35.4 Å². The van der Waals surface area contributed by atoms with Crippen molar-refractivity contribution in [3.05, 3.63) is 126 Å². The van der Waals surface area contributed by atoms with Gasteiger partial charge in [-0.3, -0.25) is 13.9 Å². The predicted molar refractivity (Wildman–Crippen MR) is 182 cm³/mol. The van der Waals surface area contributed by atoms with Crippen molar-refractivity contribution in [1.82, 2.24) is 10.2 Å². The number of carbonyl (C=O) groups excluding carboxylic acids is 2. The van der Waals surface area contributed by atoms with Gasteiger partial charge in [-0.1, -0.05) is 74.0 Å². The van der Waals surface area contributed by atoms with E-state index < -0.39 is 34.3 Å². The Hall–Kier alpha value is -4.70. The Morgan fingerprint density at radius 2 is 1.49 bits per heavy atom. The summed E-state index contributed by atoms with van der Waals surface area (Å²) in [5.74, 6) is -0.690. The summed E-state index contributed by atoms with van der Waals surface area (Å²) in [5.41, 5.74) is 2.55. The standard InChI is InChI=1S/C37H42FN3O5S/c1-5-46-33-19-17-32(18-20-33)41(47(44,45)34-21-11-28(4)12-22-34)26-36(42)40(25-30-13-15-31(38)16-14-30)35(37(43)39-24-27(2)3)23-29-9-7-6-8-10-29/h6-22,27,35H,5,23-26H2,1-4H3,(H,39,43). The van der Waals surface area contributed by atoms with Gasteiger partial charge in [-0.25, -0.2) is 12.8 Å². The van der Waals surface area contributed by atoms with Gasteiger partial charge in [0.15, 0.2) is 0 Å². The lowest BCUT2D eigenvalue weighted by molar-refractivity contribution is -0.140. The SMILES string of the molecule is CCOc1ccc(N(CC(=O)N(Cc2ccc(F)cc2)C(Cc2ccccc2)C(=O)NCC(C)C)S(=O)(=O)c2ccc(C)cc2)cc1. The fourth-order valence-electron chi connectivity index (χ4n) is 5.00. The largest absolute Gasteiger partial charge is 0.494 e. The lowest BCUT2D eigenvalue weighted by atomic mass is 10.0. The summed E-state index contributed by atoms with van der Waals surface area (Å²) in [6.07, 6.45) is 0.186. The summed E-state index contributed by atoms with van der Waals surface area (Å²) in [4.78, 5) is 29.8. The average Bonchev–Trinajstić information content (AvgIpc) is 3.06. The zero-order valence-electron chi connectivity index (χ0n) is 27.2. The lowest BCUT2D eigenvalue weighted by Crippen LogP contribution is -2.53. The number of benzene rings is 4. The highest BCUT2D eigenvalue weighted by atomic mass is 32.2. The van der Waals surface area contributed by atoms with E-state index in [1.165, 1.54) is 29.2 Å². The summed E-state index contributed by atoms with van der Waals surface area (Å²) in [5, 5.41) is 2.96. The monoisotopic (exact) mass is 659 g/mol. The number of aryl methyl sites for hydroxylation is 1. The van der Waals surface area contributed by atoms with Gasteiger partial charge in [0.1, 0.15) is 24.2 Å². The molecule has 4 aromatic carbocycles. The number of ether oxygens (including phenoxy) is 1. The van der Waals surface area contributed by atoms with E-state index in [1.54, 1.807) is 48.5 Å². The van der Waals surface area contributed by atoms with Gasteiger partial charge in [0.2, 0.25) is 11.8 Å². The second-order valence-corrected chi connectivity index (χ2v) is 13.6. The van der Waals surface area contributed by atoms with Gasteiger partial charge in [0.25, 0.3) is 10.0 Å². The van der Waals surface area contributed by atoms with Crippen LogP contribution in [0.4, 0.5) is 10.1 Å². The number of anilines is 1. The van der Waals surface area contributed by atoms with Crippen LogP contribution in [0.25, 0.3) is 0 Å². The predicted octanol–water partition coefficient (Wildman–Crippen LogP) is 6.14. The minimum atomic E-state index is -4.23. The van der Waals surface area contributed by atoms with Crippen molar-refractivity contribution < 1.29 is 27.1 Å².